The average Bonchev–Trinajstić information content (AvgIpc) is 3.19. The molecule has 2 aromatic carbocycles. The number of thioether (sulfide) groups is 1. The van der Waals surface area contributed by atoms with Crippen molar-refractivity contribution in [2.24, 2.45) is 5.92 Å². The van der Waals surface area contributed by atoms with Gasteiger partial charge in [0.1, 0.15) is 0 Å². The summed E-state index contributed by atoms with van der Waals surface area (Å²) in [7, 11) is 0. The van der Waals surface area contributed by atoms with Crippen molar-refractivity contribution < 1.29 is 9.59 Å². The van der Waals surface area contributed by atoms with Crippen molar-refractivity contribution in [1.82, 2.24) is 20.1 Å². The Labute approximate surface area is 232 Å². The molecule has 3 aromatic rings. The van der Waals surface area contributed by atoms with Crippen LogP contribution < -0.4 is 10.6 Å². The van der Waals surface area contributed by atoms with Crippen molar-refractivity contribution in [2.75, 3.05) is 11.1 Å². The van der Waals surface area contributed by atoms with Crippen LogP contribution in [0, 0.1) is 9.49 Å². The van der Waals surface area contributed by atoms with Crippen LogP contribution in [0.15, 0.2) is 60.3 Å². The van der Waals surface area contributed by atoms with E-state index in [-0.39, 0.29) is 28.5 Å². The molecular formula is C24H24Cl2IN5O2S. The molecule has 0 saturated heterocycles. The first kappa shape index (κ1) is 27.5. The van der Waals surface area contributed by atoms with E-state index < -0.39 is 6.04 Å². The van der Waals surface area contributed by atoms with Crippen molar-refractivity contribution in [3.05, 3.63) is 80.1 Å². The highest BCUT2D eigenvalue weighted by Crippen LogP contribution is 2.27. The van der Waals surface area contributed by atoms with Gasteiger partial charge in [-0.15, -0.1) is 16.8 Å². The van der Waals surface area contributed by atoms with Crippen molar-refractivity contribution in [3.8, 4) is 0 Å². The van der Waals surface area contributed by atoms with E-state index in [1.807, 2.05) is 42.7 Å². The van der Waals surface area contributed by atoms with Gasteiger partial charge in [0.25, 0.3) is 5.91 Å². The van der Waals surface area contributed by atoms with E-state index in [0.717, 1.165) is 9.26 Å². The molecule has 3 rings (SSSR count). The Balaban J connectivity index is 1.76. The van der Waals surface area contributed by atoms with E-state index in [1.165, 1.54) is 17.8 Å². The molecule has 2 amide bonds. The minimum Gasteiger partial charge on any atom is -0.342 e. The molecule has 11 heteroatoms. The highest BCUT2D eigenvalue weighted by molar-refractivity contribution is 14.1. The van der Waals surface area contributed by atoms with Gasteiger partial charge in [0.05, 0.1) is 22.4 Å². The third-order valence-corrected chi connectivity index (χ3v) is 7.16. The normalized spacial score (nSPS) is 11.8. The van der Waals surface area contributed by atoms with E-state index in [4.69, 9.17) is 23.2 Å². The molecule has 0 radical (unpaired) electrons. The molecule has 35 heavy (non-hydrogen) atoms. The average molecular weight is 644 g/mol. The Hall–Kier alpha value is -2.08. The van der Waals surface area contributed by atoms with Gasteiger partial charge in [0, 0.05) is 20.8 Å². The summed E-state index contributed by atoms with van der Waals surface area (Å²) in [6.07, 6.45) is 1.72. The first-order valence-corrected chi connectivity index (χ1v) is 13.5. The summed E-state index contributed by atoms with van der Waals surface area (Å²) in [5, 5.41) is 15.8. The Kier molecular flexibility index (Phi) is 10.0. The third-order valence-electron chi connectivity index (χ3n) is 4.92. The number of allylic oxidation sites excluding steroid dienone is 1. The third kappa shape index (κ3) is 7.45. The first-order valence-electron chi connectivity index (χ1n) is 10.7. The summed E-state index contributed by atoms with van der Waals surface area (Å²) >= 11 is 15.7. The summed E-state index contributed by atoms with van der Waals surface area (Å²) in [6.45, 7) is 8.20. The molecule has 0 aliphatic carbocycles. The molecule has 1 atom stereocenters. The molecule has 184 valence electrons. The maximum absolute atomic E-state index is 13.0. The number of nitrogens with zero attached hydrogens (tertiary/aromatic N) is 3. The van der Waals surface area contributed by atoms with Gasteiger partial charge in [0.2, 0.25) is 5.91 Å². The minimum absolute atomic E-state index is 0.000171. The maximum Gasteiger partial charge on any atom is 0.253 e. The number of aromatic nitrogens is 3. The topological polar surface area (TPSA) is 88.9 Å². The Morgan fingerprint density at radius 2 is 1.89 bits per heavy atom. The largest absolute Gasteiger partial charge is 0.342 e. The van der Waals surface area contributed by atoms with E-state index >= 15 is 0 Å². The highest BCUT2D eigenvalue weighted by atomic mass is 127. The molecule has 2 N–H and O–H groups in total. The minimum atomic E-state index is -0.448. The zero-order valence-corrected chi connectivity index (χ0v) is 23.6. The summed E-state index contributed by atoms with van der Waals surface area (Å²) in [5.74, 6) is 0.223. The second kappa shape index (κ2) is 12.8. The lowest BCUT2D eigenvalue weighted by atomic mass is 10.0. The zero-order valence-electron chi connectivity index (χ0n) is 19.1. The predicted octanol–water partition coefficient (Wildman–Crippen LogP) is 6.23. The molecule has 0 spiro atoms. The molecule has 7 nitrogen and oxygen atoms in total. The molecule has 0 unspecified atom stereocenters. The van der Waals surface area contributed by atoms with E-state index in [2.05, 4.69) is 50.0 Å². The molecule has 0 saturated carbocycles. The number of carbonyl (C=O) groups excluding carboxylic acids is 2. The lowest BCUT2D eigenvalue weighted by Gasteiger charge is -2.23. The van der Waals surface area contributed by atoms with Crippen LogP contribution in [0.1, 0.15) is 36.1 Å². The van der Waals surface area contributed by atoms with E-state index in [1.54, 1.807) is 18.2 Å². The van der Waals surface area contributed by atoms with Crippen LogP contribution in [0.4, 0.5) is 5.69 Å². The molecule has 0 fully saturated rings. The summed E-state index contributed by atoms with van der Waals surface area (Å²) in [4.78, 5) is 25.4. The Bertz CT molecular complexity index is 1220. The molecule has 1 heterocycles. The Morgan fingerprint density at radius 3 is 2.51 bits per heavy atom. The molecule has 0 aliphatic rings. The quantitative estimate of drug-likeness (QED) is 0.155. The number of halogens is 3. The van der Waals surface area contributed by atoms with Crippen LogP contribution in [0.5, 0.6) is 0 Å². The lowest BCUT2D eigenvalue weighted by Crippen LogP contribution is -2.34. The fourth-order valence-electron chi connectivity index (χ4n) is 3.22. The molecule has 0 bridgehead atoms. The van der Waals surface area contributed by atoms with Crippen molar-refractivity contribution in [3.63, 3.8) is 0 Å². The standard InChI is InChI=1S/C24H24Cl2IN5O2S/c1-4-11-32-22(21(14(2)3)29-23(34)18-10-5-15(25)12-19(18)26)30-31-24(32)35-13-20(33)28-17-8-6-16(27)7-9-17/h4-10,12,14,21H,1,11,13H2,2-3H3,(H,28,33)(H,29,34)/t21-/m0/s1. The van der Waals surface area contributed by atoms with Crippen LogP contribution in [-0.2, 0) is 11.3 Å². The monoisotopic (exact) mass is 643 g/mol. The summed E-state index contributed by atoms with van der Waals surface area (Å²) in [5.41, 5.74) is 1.05. The van der Waals surface area contributed by atoms with Crippen molar-refractivity contribution >= 4 is 75.1 Å². The number of rotatable bonds is 10. The number of amides is 2. The smallest absolute Gasteiger partial charge is 0.253 e. The number of hydrogen-bond donors (Lipinski definition) is 2. The molecule has 0 aliphatic heterocycles. The number of anilines is 1. The van der Waals surface area contributed by atoms with Crippen molar-refractivity contribution in [1.29, 1.82) is 0 Å². The van der Waals surface area contributed by atoms with Gasteiger partial charge in [-0.1, -0.05) is 54.9 Å². The highest BCUT2D eigenvalue weighted by Gasteiger charge is 2.27. The van der Waals surface area contributed by atoms with Gasteiger partial charge in [0.15, 0.2) is 11.0 Å². The van der Waals surface area contributed by atoms with Gasteiger partial charge >= 0.3 is 0 Å². The van der Waals surface area contributed by atoms with Gasteiger partial charge < -0.3 is 15.2 Å². The number of carbonyl (C=O) groups is 2. The fourth-order valence-corrected chi connectivity index (χ4v) is 4.83. The van der Waals surface area contributed by atoms with Crippen molar-refractivity contribution in [2.45, 2.75) is 31.6 Å². The Morgan fingerprint density at radius 1 is 1.17 bits per heavy atom. The van der Waals surface area contributed by atoms with E-state index in [0.29, 0.717) is 28.1 Å². The zero-order chi connectivity index (χ0) is 25.5. The lowest BCUT2D eigenvalue weighted by molar-refractivity contribution is -0.113. The second-order valence-corrected chi connectivity index (χ2v) is 10.9. The van der Waals surface area contributed by atoms with Crippen LogP contribution >= 0.6 is 57.6 Å². The van der Waals surface area contributed by atoms with Gasteiger partial charge in [-0.25, -0.2) is 0 Å². The van der Waals surface area contributed by atoms with Crippen LogP contribution in [0.2, 0.25) is 10.0 Å². The van der Waals surface area contributed by atoms with E-state index in [9.17, 15) is 9.59 Å². The summed E-state index contributed by atoms with van der Waals surface area (Å²) in [6, 6.07) is 11.8. The fraction of sp³-hybridized carbons (Fsp3) is 0.250. The maximum atomic E-state index is 13.0. The SMILES string of the molecule is C=CCn1c(SCC(=O)Nc2ccc(I)cc2)nnc1[C@@H](NC(=O)c1ccc(Cl)cc1Cl)C(C)C. The number of nitrogens with one attached hydrogen (secondary N) is 2. The van der Waals surface area contributed by atoms with Gasteiger partial charge in [-0.05, 0) is 71.0 Å². The van der Waals surface area contributed by atoms with Crippen LogP contribution in [-0.4, -0.2) is 32.3 Å². The number of hydrogen-bond acceptors (Lipinski definition) is 5. The van der Waals surface area contributed by atoms with Crippen LogP contribution in [0.25, 0.3) is 0 Å². The predicted molar refractivity (Wildman–Crippen MR) is 150 cm³/mol. The second-order valence-electron chi connectivity index (χ2n) is 7.90. The number of benzene rings is 2. The van der Waals surface area contributed by atoms with Gasteiger partial charge in [-0.3, -0.25) is 9.59 Å². The van der Waals surface area contributed by atoms with Crippen LogP contribution in [0.3, 0.4) is 0 Å². The molecule has 1 aromatic heterocycles. The summed E-state index contributed by atoms with van der Waals surface area (Å²) < 4.78 is 2.94. The molecular weight excluding hydrogens is 620 g/mol. The first-order chi connectivity index (χ1) is 16.7. The van der Waals surface area contributed by atoms with Gasteiger partial charge in [-0.2, -0.15) is 0 Å².